The molecule has 1 amide bonds. The van der Waals surface area contributed by atoms with Gasteiger partial charge in [0.25, 0.3) is 0 Å². The van der Waals surface area contributed by atoms with Gasteiger partial charge in [0.1, 0.15) is 6.10 Å². The highest BCUT2D eigenvalue weighted by atomic mass is 19.2. The number of halogens is 2. The minimum Gasteiger partial charge on any atom is -0.368 e. The molecule has 0 saturated carbocycles. The molecule has 160 valence electrons. The third kappa shape index (κ3) is 4.84. The average molecular weight is 415 g/mol. The highest BCUT2D eigenvalue weighted by Gasteiger charge is 2.33. The summed E-state index contributed by atoms with van der Waals surface area (Å²) in [5.41, 5.74) is 1.17. The van der Waals surface area contributed by atoms with Gasteiger partial charge < -0.3 is 10.1 Å². The van der Waals surface area contributed by atoms with Crippen LogP contribution in [0.1, 0.15) is 43.0 Å². The monoisotopic (exact) mass is 415 g/mol. The van der Waals surface area contributed by atoms with Crippen LogP contribution in [0.2, 0.25) is 0 Å². The maximum atomic E-state index is 14.1. The quantitative estimate of drug-likeness (QED) is 0.783. The van der Waals surface area contributed by atoms with Crippen molar-refractivity contribution in [3.05, 3.63) is 65.5 Å². The Balaban J connectivity index is 1.49. The molecule has 5 nitrogen and oxygen atoms in total. The zero-order valence-corrected chi connectivity index (χ0v) is 16.9. The van der Waals surface area contributed by atoms with Crippen molar-refractivity contribution in [1.82, 2.24) is 15.2 Å². The van der Waals surface area contributed by atoms with E-state index in [0.717, 1.165) is 44.0 Å². The van der Waals surface area contributed by atoms with Crippen molar-refractivity contribution in [2.75, 3.05) is 19.7 Å². The number of aromatic nitrogens is 1. The number of ether oxygens (including phenoxy) is 1. The fraction of sp³-hybridized carbons (Fsp3) is 0.478. The normalized spacial score (nSPS) is 23.3. The molecule has 2 saturated heterocycles. The summed E-state index contributed by atoms with van der Waals surface area (Å²) in [4.78, 5) is 19.4. The van der Waals surface area contributed by atoms with Crippen LogP contribution in [-0.2, 0) is 16.1 Å². The van der Waals surface area contributed by atoms with E-state index < -0.39 is 17.7 Å². The number of hydrogen-bond donors (Lipinski definition) is 1. The largest absolute Gasteiger partial charge is 0.368 e. The number of benzene rings is 1. The van der Waals surface area contributed by atoms with Crippen molar-refractivity contribution < 1.29 is 18.3 Å². The Labute approximate surface area is 175 Å². The first-order valence-corrected chi connectivity index (χ1v) is 10.6. The second-order valence-electron chi connectivity index (χ2n) is 8.09. The van der Waals surface area contributed by atoms with Gasteiger partial charge in [-0.1, -0.05) is 18.2 Å². The van der Waals surface area contributed by atoms with Gasteiger partial charge in [-0.3, -0.25) is 14.7 Å². The number of rotatable bonds is 6. The highest BCUT2D eigenvalue weighted by Crippen LogP contribution is 2.30. The smallest absolute Gasteiger partial charge is 0.249 e. The highest BCUT2D eigenvalue weighted by molar-refractivity contribution is 5.81. The predicted octanol–water partition coefficient (Wildman–Crippen LogP) is 3.61. The van der Waals surface area contributed by atoms with Gasteiger partial charge >= 0.3 is 0 Å². The van der Waals surface area contributed by atoms with Crippen LogP contribution in [0.4, 0.5) is 8.78 Å². The molecular formula is C23H27F2N3O2. The van der Waals surface area contributed by atoms with E-state index in [0.29, 0.717) is 25.3 Å². The molecule has 2 aliphatic heterocycles. The standard InChI is InChI=1S/C23H27F2N3O2/c24-18-8-3-6-16(21(18)25)14-28-12-4-7-17(15-28)22(19-9-1-2-11-26-19)27-23(29)20-10-5-13-30-20/h1-3,6,8-9,11,17,20,22H,4-5,7,10,12-15H2,(H,27,29)/t17-,20-,22+/m0/s1. The van der Waals surface area contributed by atoms with Crippen molar-refractivity contribution in [3.8, 4) is 0 Å². The van der Waals surface area contributed by atoms with Gasteiger partial charge in [0.2, 0.25) is 5.91 Å². The minimum absolute atomic E-state index is 0.101. The fourth-order valence-electron chi connectivity index (χ4n) is 4.44. The van der Waals surface area contributed by atoms with Crippen LogP contribution in [0.15, 0.2) is 42.6 Å². The second kappa shape index (κ2) is 9.62. The van der Waals surface area contributed by atoms with Gasteiger partial charge in [0.05, 0.1) is 11.7 Å². The summed E-state index contributed by atoms with van der Waals surface area (Å²) in [7, 11) is 0. The molecule has 4 rings (SSSR count). The number of nitrogens with one attached hydrogen (secondary N) is 1. The zero-order valence-electron chi connectivity index (χ0n) is 16.9. The van der Waals surface area contributed by atoms with Crippen LogP contribution in [0.5, 0.6) is 0 Å². The summed E-state index contributed by atoms with van der Waals surface area (Å²) in [6.07, 6.45) is 4.79. The van der Waals surface area contributed by atoms with E-state index in [1.54, 1.807) is 12.3 Å². The van der Waals surface area contributed by atoms with Gasteiger partial charge in [0.15, 0.2) is 11.6 Å². The molecule has 1 N–H and O–H groups in total. The summed E-state index contributed by atoms with van der Waals surface area (Å²) in [6, 6.07) is 9.73. The van der Waals surface area contributed by atoms with Crippen molar-refractivity contribution in [2.24, 2.45) is 5.92 Å². The van der Waals surface area contributed by atoms with E-state index in [-0.39, 0.29) is 17.9 Å². The Kier molecular flexibility index (Phi) is 6.69. The third-order valence-corrected chi connectivity index (χ3v) is 5.97. The Morgan fingerprint density at radius 2 is 2.10 bits per heavy atom. The number of pyridine rings is 1. The SMILES string of the molecule is O=C(N[C@@H](c1ccccn1)[C@H]1CCCN(Cc2cccc(F)c2F)C1)[C@@H]1CCCO1. The minimum atomic E-state index is -0.823. The van der Waals surface area contributed by atoms with Gasteiger partial charge in [-0.15, -0.1) is 0 Å². The number of nitrogens with zero attached hydrogens (tertiary/aromatic N) is 2. The zero-order chi connectivity index (χ0) is 20.9. The van der Waals surface area contributed by atoms with E-state index in [1.807, 2.05) is 18.2 Å². The topological polar surface area (TPSA) is 54.5 Å². The maximum absolute atomic E-state index is 14.1. The molecule has 0 radical (unpaired) electrons. The van der Waals surface area contributed by atoms with Gasteiger partial charge in [-0.25, -0.2) is 8.78 Å². The van der Waals surface area contributed by atoms with Crippen molar-refractivity contribution in [3.63, 3.8) is 0 Å². The molecule has 0 aliphatic carbocycles. The lowest BCUT2D eigenvalue weighted by atomic mass is 9.88. The molecule has 0 spiro atoms. The molecule has 2 aromatic rings. The van der Waals surface area contributed by atoms with E-state index in [9.17, 15) is 13.6 Å². The van der Waals surface area contributed by atoms with Gasteiger partial charge in [0, 0.05) is 31.5 Å². The Hall–Kier alpha value is -2.38. The van der Waals surface area contributed by atoms with Gasteiger partial charge in [-0.05, 0) is 56.3 Å². The van der Waals surface area contributed by atoms with Crippen LogP contribution >= 0.6 is 0 Å². The lowest BCUT2D eigenvalue weighted by Crippen LogP contribution is -2.45. The number of piperidine rings is 1. The molecule has 1 aromatic carbocycles. The Bertz CT molecular complexity index is 859. The third-order valence-electron chi connectivity index (χ3n) is 5.97. The first-order valence-electron chi connectivity index (χ1n) is 10.6. The van der Waals surface area contributed by atoms with Crippen molar-refractivity contribution >= 4 is 5.91 Å². The molecule has 1 aromatic heterocycles. The molecule has 3 atom stereocenters. The molecule has 30 heavy (non-hydrogen) atoms. The second-order valence-corrected chi connectivity index (χ2v) is 8.09. The van der Waals surface area contributed by atoms with Crippen molar-refractivity contribution in [2.45, 2.75) is 44.4 Å². The van der Waals surface area contributed by atoms with Crippen LogP contribution in [-0.4, -0.2) is 41.6 Å². The summed E-state index contributed by atoms with van der Waals surface area (Å²) in [6.45, 7) is 2.43. The molecule has 2 fully saturated rings. The lowest BCUT2D eigenvalue weighted by molar-refractivity contribution is -0.131. The molecule has 0 unspecified atom stereocenters. The van der Waals surface area contributed by atoms with Crippen LogP contribution in [0, 0.1) is 17.6 Å². The van der Waals surface area contributed by atoms with Crippen LogP contribution < -0.4 is 5.32 Å². The summed E-state index contributed by atoms with van der Waals surface area (Å²) >= 11 is 0. The van der Waals surface area contributed by atoms with Crippen LogP contribution in [0.25, 0.3) is 0 Å². The predicted molar refractivity (Wildman–Crippen MR) is 108 cm³/mol. The molecular weight excluding hydrogens is 388 g/mol. The molecule has 7 heteroatoms. The van der Waals surface area contributed by atoms with E-state index in [4.69, 9.17) is 4.74 Å². The maximum Gasteiger partial charge on any atom is 0.249 e. The van der Waals surface area contributed by atoms with Crippen molar-refractivity contribution in [1.29, 1.82) is 0 Å². The number of likely N-dealkylation sites (tertiary alicyclic amines) is 1. The van der Waals surface area contributed by atoms with E-state index in [1.165, 1.54) is 6.07 Å². The first-order chi connectivity index (χ1) is 14.6. The number of hydrogen-bond acceptors (Lipinski definition) is 4. The van der Waals surface area contributed by atoms with E-state index in [2.05, 4.69) is 15.2 Å². The summed E-state index contributed by atoms with van der Waals surface area (Å²) < 4.78 is 33.3. The first kappa shape index (κ1) is 20.9. The lowest BCUT2D eigenvalue weighted by Gasteiger charge is -2.37. The number of carbonyl (C=O) groups is 1. The van der Waals surface area contributed by atoms with E-state index >= 15 is 0 Å². The summed E-state index contributed by atoms with van der Waals surface area (Å²) in [5.74, 6) is -1.59. The molecule has 3 heterocycles. The Morgan fingerprint density at radius 3 is 2.87 bits per heavy atom. The summed E-state index contributed by atoms with van der Waals surface area (Å²) in [5, 5.41) is 3.16. The number of carbonyl (C=O) groups excluding carboxylic acids is 1. The molecule has 2 aliphatic rings. The van der Waals surface area contributed by atoms with Gasteiger partial charge in [-0.2, -0.15) is 0 Å². The number of amides is 1. The molecule has 0 bridgehead atoms. The average Bonchev–Trinajstić information content (AvgIpc) is 3.31. The fourth-order valence-corrected chi connectivity index (χ4v) is 4.44. The Morgan fingerprint density at radius 1 is 1.20 bits per heavy atom. The van der Waals surface area contributed by atoms with Crippen LogP contribution in [0.3, 0.4) is 0 Å².